The molecule has 19 heavy (non-hydrogen) atoms. The summed E-state index contributed by atoms with van der Waals surface area (Å²) >= 11 is 6.08. The number of aromatic nitrogens is 1. The van der Waals surface area contributed by atoms with Gasteiger partial charge in [-0.15, -0.1) is 0 Å². The first-order valence-electron chi connectivity index (χ1n) is 6.35. The molecular formula is C14H14ClFN2O. The van der Waals surface area contributed by atoms with Crippen molar-refractivity contribution >= 4 is 17.4 Å². The van der Waals surface area contributed by atoms with Crippen LogP contribution in [0.2, 0.25) is 5.02 Å². The molecule has 1 aromatic carbocycles. The van der Waals surface area contributed by atoms with E-state index in [0.717, 1.165) is 6.42 Å². The number of nitrogen functional groups attached to an aromatic ring is 1. The van der Waals surface area contributed by atoms with Gasteiger partial charge < -0.3 is 10.3 Å². The Morgan fingerprint density at radius 3 is 2.79 bits per heavy atom. The molecule has 0 bridgehead atoms. The Morgan fingerprint density at radius 2 is 2.16 bits per heavy atom. The van der Waals surface area contributed by atoms with Crippen molar-refractivity contribution in [1.29, 1.82) is 0 Å². The van der Waals surface area contributed by atoms with Crippen molar-refractivity contribution in [3.63, 3.8) is 0 Å². The molecule has 0 aliphatic heterocycles. The van der Waals surface area contributed by atoms with Crippen molar-refractivity contribution in [2.24, 2.45) is 5.92 Å². The van der Waals surface area contributed by atoms with Crippen molar-refractivity contribution in [2.75, 3.05) is 5.73 Å². The van der Waals surface area contributed by atoms with Gasteiger partial charge in [-0.25, -0.2) is 4.39 Å². The van der Waals surface area contributed by atoms with Gasteiger partial charge in [-0.2, -0.15) is 0 Å². The minimum atomic E-state index is -0.405. The topological polar surface area (TPSA) is 52.0 Å². The van der Waals surface area contributed by atoms with Gasteiger partial charge in [0, 0.05) is 12.0 Å². The highest BCUT2D eigenvalue weighted by Gasteiger charge is 2.26. The Bertz CT molecular complexity index is 587. The van der Waals surface area contributed by atoms with Crippen LogP contribution in [0.1, 0.15) is 25.0 Å². The highest BCUT2D eigenvalue weighted by Crippen LogP contribution is 2.39. The van der Waals surface area contributed by atoms with E-state index in [-0.39, 0.29) is 11.4 Å². The molecular weight excluding hydrogens is 267 g/mol. The summed E-state index contributed by atoms with van der Waals surface area (Å²) in [4.78, 5) is 0. The molecule has 2 N–H and O–H groups in total. The molecule has 3 nitrogen and oxygen atoms in total. The van der Waals surface area contributed by atoms with E-state index in [1.807, 2.05) is 0 Å². The zero-order chi connectivity index (χ0) is 13.4. The number of nitrogens with zero attached hydrogens (tertiary/aromatic N) is 1. The van der Waals surface area contributed by atoms with Crippen LogP contribution in [0.4, 0.5) is 10.2 Å². The van der Waals surface area contributed by atoms with E-state index in [9.17, 15) is 4.39 Å². The first-order valence-corrected chi connectivity index (χ1v) is 6.73. The van der Waals surface area contributed by atoms with Gasteiger partial charge in [-0.3, -0.25) is 0 Å². The van der Waals surface area contributed by atoms with Gasteiger partial charge in [0.2, 0.25) is 0 Å². The number of anilines is 1. The average molecular weight is 281 g/mol. The standard InChI is InChI=1S/C14H14ClFN2O/c15-9-5-2-6-10(16)12(9)13-11(19-18-14(13)17)7-8-3-1-4-8/h2,5-6,8H,1,3-4,7H2,(H2,17,18). The van der Waals surface area contributed by atoms with Crippen LogP contribution < -0.4 is 5.73 Å². The summed E-state index contributed by atoms with van der Waals surface area (Å²) in [6, 6.07) is 4.57. The van der Waals surface area contributed by atoms with Crippen LogP contribution in [-0.4, -0.2) is 5.16 Å². The van der Waals surface area contributed by atoms with Crippen LogP contribution in [0.15, 0.2) is 22.7 Å². The predicted molar refractivity (Wildman–Crippen MR) is 72.4 cm³/mol. The van der Waals surface area contributed by atoms with Crippen molar-refractivity contribution in [3.05, 3.63) is 34.8 Å². The zero-order valence-electron chi connectivity index (χ0n) is 10.3. The lowest BCUT2D eigenvalue weighted by Gasteiger charge is -2.24. The maximum atomic E-state index is 14.0. The number of benzene rings is 1. The molecule has 0 spiro atoms. The maximum Gasteiger partial charge on any atom is 0.175 e. The minimum Gasteiger partial charge on any atom is -0.380 e. The van der Waals surface area contributed by atoms with Crippen LogP contribution >= 0.6 is 11.6 Å². The third kappa shape index (κ3) is 2.21. The zero-order valence-corrected chi connectivity index (χ0v) is 11.1. The van der Waals surface area contributed by atoms with Crippen molar-refractivity contribution in [2.45, 2.75) is 25.7 Å². The fraction of sp³-hybridized carbons (Fsp3) is 0.357. The fourth-order valence-electron chi connectivity index (χ4n) is 2.44. The summed E-state index contributed by atoms with van der Waals surface area (Å²) in [5, 5.41) is 4.09. The summed E-state index contributed by atoms with van der Waals surface area (Å²) in [6.45, 7) is 0. The van der Waals surface area contributed by atoms with E-state index in [2.05, 4.69) is 5.16 Å². The Balaban J connectivity index is 2.05. The molecule has 5 heteroatoms. The van der Waals surface area contributed by atoms with Crippen molar-refractivity contribution in [3.8, 4) is 11.1 Å². The molecule has 0 atom stereocenters. The van der Waals surface area contributed by atoms with Gasteiger partial charge in [0.25, 0.3) is 0 Å². The van der Waals surface area contributed by atoms with Gasteiger partial charge in [-0.1, -0.05) is 42.1 Å². The molecule has 0 radical (unpaired) electrons. The number of rotatable bonds is 3. The SMILES string of the molecule is Nc1noc(CC2CCC2)c1-c1c(F)cccc1Cl. The Hall–Kier alpha value is -1.55. The first-order chi connectivity index (χ1) is 9.16. The summed E-state index contributed by atoms with van der Waals surface area (Å²) in [5.74, 6) is 1.00. The third-order valence-electron chi connectivity index (χ3n) is 3.70. The summed E-state index contributed by atoms with van der Waals surface area (Å²) in [7, 11) is 0. The van der Waals surface area contributed by atoms with E-state index < -0.39 is 5.82 Å². The van der Waals surface area contributed by atoms with E-state index in [0.29, 0.717) is 22.3 Å². The van der Waals surface area contributed by atoms with E-state index >= 15 is 0 Å². The van der Waals surface area contributed by atoms with Gasteiger partial charge in [-0.05, 0) is 18.1 Å². The van der Waals surface area contributed by atoms with E-state index in [1.165, 1.54) is 25.3 Å². The quantitative estimate of drug-likeness (QED) is 0.922. The molecule has 0 unspecified atom stereocenters. The summed E-state index contributed by atoms with van der Waals surface area (Å²) in [5.41, 5.74) is 6.61. The predicted octanol–water partition coefficient (Wildman–Crippen LogP) is 4.06. The molecule has 3 rings (SSSR count). The van der Waals surface area contributed by atoms with Crippen LogP contribution in [0.5, 0.6) is 0 Å². The number of hydrogen-bond acceptors (Lipinski definition) is 3. The maximum absolute atomic E-state index is 14.0. The smallest absolute Gasteiger partial charge is 0.175 e. The monoisotopic (exact) mass is 280 g/mol. The second kappa shape index (κ2) is 4.85. The molecule has 2 aromatic rings. The second-order valence-electron chi connectivity index (χ2n) is 4.96. The highest BCUT2D eigenvalue weighted by atomic mass is 35.5. The molecule has 0 saturated heterocycles. The van der Waals surface area contributed by atoms with Crippen LogP contribution in [0.25, 0.3) is 11.1 Å². The molecule has 1 saturated carbocycles. The number of hydrogen-bond donors (Lipinski definition) is 1. The second-order valence-corrected chi connectivity index (χ2v) is 5.37. The van der Waals surface area contributed by atoms with E-state index in [1.54, 1.807) is 12.1 Å². The largest absolute Gasteiger partial charge is 0.380 e. The highest BCUT2D eigenvalue weighted by molar-refractivity contribution is 6.33. The third-order valence-corrected chi connectivity index (χ3v) is 4.02. The van der Waals surface area contributed by atoms with Gasteiger partial charge >= 0.3 is 0 Å². The van der Waals surface area contributed by atoms with E-state index in [4.69, 9.17) is 21.9 Å². The molecule has 1 fully saturated rings. The molecule has 100 valence electrons. The van der Waals surface area contributed by atoms with Crippen LogP contribution in [-0.2, 0) is 6.42 Å². The number of halogens is 2. The minimum absolute atomic E-state index is 0.196. The first kappa shape index (κ1) is 12.5. The van der Waals surface area contributed by atoms with Gasteiger partial charge in [0.15, 0.2) is 5.82 Å². The van der Waals surface area contributed by atoms with Crippen molar-refractivity contribution in [1.82, 2.24) is 5.16 Å². The lowest BCUT2D eigenvalue weighted by atomic mass is 9.81. The summed E-state index contributed by atoms with van der Waals surface area (Å²) < 4.78 is 19.3. The lowest BCUT2D eigenvalue weighted by Crippen LogP contribution is -2.13. The fourth-order valence-corrected chi connectivity index (χ4v) is 2.70. The summed E-state index contributed by atoms with van der Waals surface area (Å²) in [6.07, 6.45) is 4.32. The molecule has 0 amide bonds. The van der Waals surface area contributed by atoms with Gasteiger partial charge in [0.05, 0.1) is 10.6 Å². The Morgan fingerprint density at radius 1 is 1.37 bits per heavy atom. The molecule has 1 heterocycles. The van der Waals surface area contributed by atoms with Gasteiger partial charge in [0.1, 0.15) is 11.6 Å². The van der Waals surface area contributed by atoms with Crippen molar-refractivity contribution < 1.29 is 8.91 Å². The lowest BCUT2D eigenvalue weighted by molar-refractivity contribution is 0.279. The Labute approximate surface area is 115 Å². The van der Waals surface area contributed by atoms with Crippen LogP contribution in [0.3, 0.4) is 0 Å². The Kier molecular flexibility index (Phi) is 3.19. The molecule has 1 aliphatic rings. The van der Waals surface area contributed by atoms with Crippen LogP contribution in [0, 0.1) is 11.7 Å². The molecule has 1 aromatic heterocycles. The average Bonchev–Trinajstić information content (AvgIpc) is 2.66. The number of nitrogens with two attached hydrogens (primary N) is 1. The molecule has 1 aliphatic carbocycles. The normalized spacial score (nSPS) is 15.5.